The normalized spacial score (nSPS) is 10.2. The molecule has 0 aliphatic carbocycles. The van der Waals surface area contributed by atoms with E-state index >= 15 is 0 Å². The summed E-state index contributed by atoms with van der Waals surface area (Å²) in [5.74, 6) is 1.46. The van der Waals surface area contributed by atoms with E-state index in [9.17, 15) is 5.11 Å². The predicted molar refractivity (Wildman–Crippen MR) is 81.0 cm³/mol. The lowest BCUT2D eigenvalue weighted by atomic mass is 10.2. The molecule has 2 aromatic rings. The molecular formula is C16H19NO4. The lowest BCUT2D eigenvalue weighted by Gasteiger charge is -2.13. The van der Waals surface area contributed by atoms with Crippen molar-refractivity contribution in [3.05, 3.63) is 48.0 Å². The lowest BCUT2D eigenvalue weighted by molar-refractivity contribution is 0.196. The summed E-state index contributed by atoms with van der Waals surface area (Å²) in [6.07, 6.45) is 0. The minimum atomic E-state index is -0.0473. The molecule has 112 valence electrons. The van der Waals surface area contributed by atoms with Crippen LogP contribution in [0.3, 0.4) is 0 Å². The number of ether oxygens (including phenoxy) is 2. The summed E-state index contributed by atoms with van der Waals surface area (Å²) in [5.41, 5.74) is 1.94. The summed E-state index contributed by atoms with van der Waals surface area (Å²) in [7, 11) is 1.57. The highest BCUT2D eigenvalue weighted by Gasteiger charge is 2.05. The van der Waals surface area contributed by atoms with E-state index in [-0.39, 0.29) is 19.0 Å². The Bertz CT molecular complexity index is 569. The van der Waals surface area contributed by atoms with Gasteiger partial charge < -0.3 is 25.0 Å². The summed E-state index contributed by atoms with van der Waals surface area (Å²) in [6, 6.07) is 12.6. The molecule has 0 saturated carbocycles. The third kappa shape index (κ3) is 4.29. The largest absolute Gasteiger partial charge is 0.508 e. The van der Waals surface area contributed by atoms with Gasteiger partial charge in [0.15, 0.2) is 11.5 Å². The van der Waals surface area contributed by atoms with Gasteiger partial charge in [0.1, 0.15) is 12.4 Å². The minimum absolute atomic E-state index is 0.0473. The molecule has 0 radical (unpaired) electrons. The van der Waals surface area contributed by atoms with E-state index in [1.807, 2.05) is 30.3 Å². The van der Waals surface area contributed by atoms with Crippen LogP contribution in [0.2, 0.25) is 0 Å². The number of hydrogen-bond acceptors (Lipinski definition) is 5. The van der Waals surface area contributed by atoms with Crippen LogP contribution in [0.4, 0.5) is 5.69 Å². The van der Waals surface area contributed by atoms with Crippen LogP contribution < -0.4 is 14.8 Å². The highest BCUT2D eigenvalue weighted by molar-refractivity contribution is 5.55. The van der Waals surface area contributed by atoms with E-state index in [1.54, 1.807) is 19.2 Å². The fourth-order valence-electron chi connectivity index (χ4n) is 1.87. The van der Waals surface area contributed by atoms with Crippen LogP contribution in [0, 0.1) is 0 Å². The van der Waals surface area contributed by atoms with Crippen LogP contribution >= 0.6 is 0 Å². The Hall–Kier alpha value is -2.40. The number of nitrogens with one attached hydrogen (secondary N) is 1. The Balaban J connectivity index is 2.04. The van der Waals surface area contributed by atoms with Crippen molar-refractivity contribution in [2.45, 2.75) is 6.54 Å². The molecule has 0 heterocycles. The van der Waals surface area contributed by atoms with E-state index in [2.05, 4.69) is 5.32 Å². The Morgan fingerprint density at radius 2 is 1.81 bits per heavy atom. The van der Waals surface area contributed by atoms with Crippen molar-refractivity contribution in [3.8, 4) is 17.2 Å². The van der Waals surface area contributed by atoms with Crippen LogP contribution in [0.1, 0.15) is 5.56 Å². The first-order chi connectivity index (χ1) is 10.2. The van der Waals surface area contributed by atoms with Gasteiger partial charge in [-0.3, -0.25) is 0 Å². The average Bonchev–Trinajstić information content (AvgIpc) is 2.52. The molecule has 0 unspecified atom stereocenters. The highest BCUT2D eigenvalue weighted by atomic mass is 16.5. The number of aliphatic hydroxyl groups is 1. The summed E-state index contributed by atoms with van der Waals surface area (Å²) in [5, 5.41) is 21.3. The van der Waals surface area contributed by atoms with E-state index in [1.165, 1.54) is 0 Å². The second kappa shape index (κ2) is 7.40. The van der Waals surface area contributed by atoms with Gasteiger partial charge in [-0.2, -0.15) is 0 Å². The van der Waals surface area contributed by atoms with Gasteiger partial charge >= 0.3 is 0 Å². The monoisotopic (exact) mass is 289 g/mol. The molecule has 0 fully saturated rings. The third-order valence-electron chi connectivity index (χ3n) is 2.95. The second-order valence-corrected chi connectivity index (χ2v) is 4.46. The van der Waals surface area contributed by atoms with Gasteiger partial charge in [0.05, 0.1) is 13.7 Å². The first kappa shape index (κ1) is 15.0. The Labute approximate surface area is 123 Å². The molecule has 0 spiro atoms. The molecular weight excluding hydrogens is 270 g/mol. The van der Waals surface area contributed by atoms with Crippen LogP contribution in [0.5, 0.6) is 17.2 Å². The smallest absolute Gasteiger partial charge is 0.163 e. The van der Waals surface area contributed by atoms with Gasteiger partial charge in [0.25, 0.3) is 0 Å². The van der Waals surface area contributed by atoms with Gasteiger partial charge in [-0.15, -0.1) is 0 Å². The number of phenols is 1. The fraction of sp³-hybridized carbons (Fsp3) is 0.250. The SMILES string of the molecule is COc1ccc(NCc2ccc(O)cc2)cc1OCCO. The maximum atomic E-state index is 9.25. The van der Waals surface area contributed by atoms with Gasteiger partial charge in [0, 0.05) is 18.3 Å². The number of phenolic OH excluding ortho intramolecular Hbond substituents is 1. The zero-order valence-corrected chi connectivity index (χ0v) is 11.9. The van der Waals surface area contributed by atoms with Gasteiger partial charge in [-0.1, -0.05) is 12.1 Å². The first-order valence-corrected chi connectivity index (χ1v) is 6.66. The lowest BCUT2D eigenvalue weighted by Crippen LogP contribution is -2.04. The molecule has 0 bridgehead atoms. The average molecular weight is 289 g/mol. The maximum absolute atomic E-state index is 9.25. The molecule has 0 aliphatic rings. The summed E-state index contributed by atoms with van der Waals surface area (Å²) in [4.78, 5) is 0. The van der Waals surface area contributed by atoms with Crippen molar-refractivity contribution < 1.29 is 19.7 Å². The molecule has 0 atom stereocenters. The molecule has 5 heteroatoms. The zero-order valence-electron chi connectivity index (χ0n) is 11.9. The molecule has 2 aromatic carbocycles. The Morgan fingerprint density at radius 3 is 2.48 bits per heavy atom. The van der Waals surface area contributed by atoms with Crippen molar-refractivity contribution in [1.82, 2.24) is 0 Å². The number of anilines is 1. The van der Waals surface area contributed by atoms with Crippen molar-refractivity contribution in [2.24, 2.45) is 0 Å². The topological polar surface area (TPSA) is 71.0 Å². The van der Waals surface area contributed by atoms with Crippen LogP contribution in [-0.4, -0.2) is 30.5 Å². The van der Waals surface area contributed by atoms with Crippen LogP contribution in [0.15, 0.2) is 42.5 Å². The molecule has 3 N–H and O–H groups in total. The molecule has 0 amide bonds. The summed E-state index contributed by atoms with van der Waals surface area (Å²) in [6.45, 7) is 0.804. The van der Waals surface area contributed by atoms with Crippen LogP contribution in [0.25, 0.3) is 0 Å². The maximum Gasteiger partial charge on any atom is 0.163 e. The quantitative estimate of drug-likeness (QED) is 0.730. The molecule has 2 rings (SSSR count). The number of rotatable bonds is 7. The third-order valence-corrected chi connectivity index (χ3v) is 2.95. The zero-order chi connectivity index (χ0) is 15.1. The number of aromatic hydroxyl groups is 1. The van der Waals surface area contributed by atoms with Gasteiger partial charge in [0.2, 0.25) is 0 Å². The van der Waals surface area contributed by atoms with Crippen molar-refractivity contribution >= 4 is 5.69 Å². The van der Waals surface area contributed by atoms with Crippen molar-refractivity contribution in [1.29, 1.82) is 0 Å². The van der Waals surface area contributed by atoms with E-state index in [4.69, 9.17) is 14.6 Å². The van der Waals surface area contributed by atoms with Crippen molar-refractivity contribution in [3.63, 3.8) is 0 Å². The Kier molecular flexibility index (Phi) is 5.29. The molecule has 0 aromatic heterocycles. The summed E-state index contributed by atoms with van der Waals surface area (Å²) >= 11 is 0. The standard InChI is InChI=1S/C16H19NO4/c1-20-15-7-4-13(10-16(15)21-9-8-18)17-11-12-2-5-14(19)6-3-12/h2-7,10,17-19H,8-9,11H2,1H3. The van der Waals surface area contributed by atoms with E-state index in [0.29, 0.717) is 18.0 Å². The minimum Gasteiger partial charge on any atom is -0.508 e. The molecule has 0 saturated heterocycles. The predicted octanol–water partition coefficient (Wildman–Crippen LogP) is 2.38. The van der Waals surface area contributed by atoms with Gasteiger partial charge in [-0.05, 0) is 29.8 Å². The highest BCUT2D eigenvalue weighted by Crippen LogP contribution is 2.30. The molecule has 0 aliphatic heterocycles. The van der Waals surface area contributed by atoms with Crippen molar-refractivity contribution in [2.75, 3.05) is 25.6 Å². The number of benzene rings is 2. The number of hydrogen-bond donors (Lipinski definition) is 3. The van der Waals surface area contributed by atoms with E-state index in [0.717, 1.165) is 11.3 Å². The summed E-state index contributed by atoms with van der Waals surface area (Å²) < 4.78 is 10.6. The number of methoxy groups -OCH3 is 1. The van der Waals surface area contributed by atoms with E-state index < -0.39 is 0 Å². The van der Waals surface area contributed by atoms with Gasteiger partial charge in [-0.25, -0.2) is 0 Å². The fourth-order valence-corrected chi connectivity index (χ4v) is 1.87. The first-order valence-electron chi connectivity index (χ1n) is 6.66. The molecule has 21 heavy (non-hydrogen) atoms. The molecule has 5 nitrogen and oxygen atoms in total. The van der Waals surface area contributed by atoms with Crippen LogP contribution in [-0.2, 0) is 6.54 Å². The second-order valence-electron chi connectivity index (χ2n) is 4.46. The Morgan fingerprint density at radius 1 is 1.05 bits per heavy atom. The number of aliphatic hydroxyl groups excluding tert-OH is 1.